The smallest absolute Gasteiger partial charge is 0.338 e. The Hall–Kier alpha value is -3.31. The van der Waals surface area contributed by atoms with Gasteiger partial charge in [-0.25, -0.2) is 9.59 Å². The van der Waals surface area contributed by atoms with Crippen molar-refractivity contribution in [3.63, 3.8) is 0 Å². The molecule has 34 heavy (non-hydrogen) atoms. The molecule has 3 atom stereocenters. The lowest BCUT2D eigenvalue weighted by Crippen LogP contribution is -2.59. The number of carbonyl (C=O) groups excluding carboxylic acids is 3. The van der Waals surface area contributed by atoms with Crippen molar-refractivity contribution in [3.05, 3.63) is 68.2 Å². The molecule has 2 heterocycles. The zero-order valence-electron chi connectivity index (χ0n) is 18.3. The van der Waals surface area contributed by atoms with Gasteiger partial charge in [0.25, 0.3) is 5.69 Å². The summed E-state index contributed by atoms with van der Waals surface area (Å²) in [5.41, 5.74) is -1.52. The van der Waals surface area contributed by atoms with Crippen molar-refractivity contribution in [1.82, 2.24) is 5.32 Å². The molecule has 2 aliphatic heterocycles. The molecule has 4 rings (SSSR count). The van der Waals surface area contributed by atoms with Crippen LogP contribution in [0, 0.1) is 16.0 Å². The summed E-state index contributed by atoms with van der Waals surface area (Å²) >= 11 is 3.36. The van der Waals surface area contributed by atoms with E-state index in [9.17, 15) is 24.5 Å². The summed E-state index contributed by atoms with van der Waals surface area (Å²) < 4.78 is 16.9. The Balaban J connectivity index is 1.97. The van der Waals surface area contributed by atoms with Gasteiger partial charge in [-0.05, 0) is 37.6 Å². The highest BCUT2D eigenvalue weighted by atomic mass is 79.9. The summed E-state index contributed by atoms with van der Waals surface area (Å²) in [6.07, 6.45) is 0. The number of nitro benzene ring substituents is 1. The van der Waals surface area contributed by atoms with Crippen LogP contribution in [-0.4, -0.2) is 41.6 Å². The molecule has 2 aliphatic rings. The van der Waals surface area contributed by atoms with E-state index in [1.54, 1.807) is 38.1 Å². The number of halogens is 1. The third-order valence-electron chi connectivity index (χ3n) is 6.01. The number of esters is 3. The van der Waals surface area contributed by atoms with Crippen molar-refractivity contribution >= 4 is 39.5 Å². The van der Waals surface area contributed by atoms with E-state index in [1.807, 2.05) is 0 Å². The van der Waals surface area contributed by atoms with Crippen molar-refractivity contribution in [3.8, 4) is 5.75 Å². The second-order valence-corrected chi connectivity index (χ2v) is 8.74. The molecule has 2 aromatic carbocycles. The topological polar surface area (TPSA) is 134 Å². The van der Waals surface area contributed by atoms with E-state index in [1.165, 1.54) is 18.2 Å². The van der Waals surface area contributed by atoms with Gasteiger partial charge >= 0.3 is 17.9 Å². The predicted molar refractivity (Wildman–Crippen MR) is 121 cm³/mol. The van der Waals surface area contributed by atoms with E-state index in [2.05, 4.69) is 21.2 Å². The van der Waals surface area contributed by atoms with Crippen LogP contribution in [0.25, 0.3) is 0 Å². The zero-order valence-corrected chi connectivity index (χ0v) is 19.9. The number of carbonyl (C=O) groups is 3. The van der Waals surface area contributed by atoms with Gasteiger partial charge in [0.2, 0.25) is 5.54 Å². The van der Waals surface area contributed by atoms with Crippen LogP contribution in [0.4, 0.5) is 5.69 Å². The van der Waals surface area contributed by atoms with Gasteiger partial charge in [-0.3, -0.25) is 20.2 Å². The SMILES string of the molecule is CCOC(=O)C1(C(=O)OCC)N[C@H]2c3cc([N+](=O)[O-])ccc3OC(=O)[C@H]2[C@@H]1c1ccc(Br)cc1. The molecule has 1 fully saturated rings. The highest BCUT2D eigenvalue weighted by Crippen LogP contribution is 2.54. The monoisotopic (exact) mass is 532 g/mol. The second kappa shape index (κ2) is 9.15. The molecule has 1 N–H and O–H groups in total. The molecule has 1 saturated heterocycles. The Morgan fingerprint density at radius 2 is 1.74 bits per heavy atom. The first-order valence-corrected chi connectivity index (χ1v) is 11.4. The van der Waals surface area contributed by atoms with E-state index >= 15 is 0 Å². The minimum atomic E-state index is -2.08. The summed E-state index contributed by atoms with van der Waals surface area (Å²) in [7, 11) is 0. The fraction of sp³-hybridized carbons (Fsp3) is 0.348. The lowest BCUT2D eigenvalue weighted by molar-refractivity contribution is -0.385. The molecule has 178 valence electrons. The van der Waals surface area contributed by atoms with Gasteiger partial charge in [-0.2, -0.15) is 0 Å². The Morgan fingerprint density at radius 1 is 1.12 bits per heavy atom. The van der Waals surface area contributed by atoms with Crippen LogP contribution in [0.5, 0.6) is 5.75 Å². The lowest BCUT2D eigenvalue weighted by atomic mass is 9.73. The van der Waals surface area contributed by atoms with Crippen molar-refractivity contribution in [2.75, 3.05) is 13.2 Å². The highest BCUT2D eigenvalue weighted by Gasteiger charge is 2.68. The van der Waals surface area contributed by atoms with Crippen LogP contribution in [0.15, 0.2) is 46.9 Å². The number of ether oxygens (including phenoxy) is 3. The molecule has 2 aromatic rings. The van der Waals surface area contributed by atoms with Gasteiger partial charge in [0.15, 0.2) is 0 Å². The molecule has 0 radical (unpaired) electrons. The van der Waals surface area contributed by atoms with Crippen LogP contribution in [0.1, 0.15) is 36.9 Å². The molecule has 0 aromatic heterocycles. The zero-order chi connectivity index (χ0) is 24.6. The molecule has 0 saturated carbocycles. The Kier molecular flexibility index (Phi) is 6.41. The first kappa shape index (κ1) is 23.8. The van der Waals surface area contributed by atoms with Crippen LogP contribution in [0.3, 0.4) is 0 Å². The Bertz CT molecular complexity index is 1150. The van der Waals surface area contributed by atoms with Gasteiger partial charge in [0.05, 0.1) is 30.1 Å². The van der Waals surface area contributed by atoms with Gasteiger partial charge < -0.3 is 14.2 Å². The highest BCUT2D eigenvalue weighted by molar-refractivity contribution is 9.10. The largest absolute Gasteiger partial charge is 0.464 e. The number of non-ortho nitro benzene ring substituents is 1. The third-order valence-corrected chi connectivity index (χ3v) is 6.54. The average Bonchev–Trinajstić information content (AvgIpc) is 3.18. The fourth-order valence-corrected chi connectivity index (χ4v) is 4.93. The van der Waals surface area contributed by atoms with E-state index in [0.29, 0.717) is 5.56 Å². The van der Waals surface area contributed by atoms with Crippen molar-refractivity contribution in [2.24, 2.45) is 5.92 Å². The standard InChI is InChI=1S/C23H21BrN2O8/c1-3-32-21(28)23(22(29)33-4-2)18(12-5-7-13(24)8-6-12)17-19(25-23)15-11-14(26(30)31)9-10-16(15)34-20(17)27/h5-11,17-19,25H,3-4H2,1-2H3/t17-,18-,19-/m0/s1. The van der Waals surface area contributed by atoms with Gasteiger partial charge in [-0.1, -0.05) is 28.1 Å². The molecule has 0 bridgehead atoms. The normalized spacial score (nSPS) is 22.2. The van der Waals surface area contributed by atoms with Crippen molar-refractivity contribution < 1.29 is 33.5 Å². The molecule has 0 spiro atoms. The molecule has 0 unspecified atom stereocenters. The lowest BCUT2D eigenvalue weighted by Gasteiger charge is -2.32. The number of hydrogen-bond donors (Lipinski definition) is 1. The molecular formula is C23H21BrN2O8. The predicted octanol–water partition coefficient (Wildman–Crippen LogP) is 3.19. The molecular weight excluding hydrogens is 512 g/mol. The molecule has 11 heteroatoms. The number of nitrogens with zero attached hydrogens (tertiary/aromatic N) is 1. The number of nitrogens with one attached hydrogen (secondary N) is 1. The first-order chi connectivity index (χ1) is 16.2. The molecule has 0 aliphatic carbocycles. The van der Waals surface area contributed by atoms with Crippen LogP contribution < -0.4 is 10.1 Å². The summed E-state index contributed by atoms with van der Waals surface area (Å²) in [5, 5.41) is 14.4. The maximum Gasteiger partial charge on any atom is 0.338 e. The molecule has 10 nitrogen and oxygen atoms in total. The number of rotatable bonds is 6. The summed E-state index contributed by atoms with van der Waals surface area (Å²) in [6, 6.07) is 9.68. The van der Waals surface area contributed by atoms with Crippen LogP contribution >= 0.6 is 15.9 Å². The second-order valence-electron chi connectivity index (χ2n) is 7.83. The van der Waals surface area contributed by atoms with E-state index in [-0.39, 0.29) is 30.2 Å². The van der Waals surface area contributed by atoms with Crippen LogP contribution in [0.2, 0.25) is 0 Å². The maximum atomic E-state index is 13.4. The summed E-state index contributed by atoms with van der Waals surface area (Å²) in [4.78, 5) is 50.9. The van der Waals surface area contributed by atoms with E-state index in [0.717, 1.165) is 4.47 Å². The summed E-state index contributed by atoms with van der Waals surface area (Å²) in [5.74, 6) is -4.51. The Labute approximate surface area is 202 Å². The quantitative estimate of drug-likeness (QED) is 0.195. The first-order valence-electron chi connectivity index (χ1n) is 10.6. The van der Waals surface area contributed by atoms with Crippen molar-refractivity contribution in [1.29, 1.82) is 0 Å². The van der Waals surface area contributed by atoms with Crippen LogP contribution in [-0.2, 0) is 23.9 Å². The number of hydrogen-bond acceptors (Lipinski definition) is 9. The minimum Gasteiger partial charge on any atom is -0.464 e. The average molecular weight is 533 g/mol. The van der Waals surface area contributed by atoms with Crippen molar-refractivity contribution in [2.45, 2.75) is 31.3 Å². The van der Waals surface area contributed by atoms with Gasteiger partial charge in [0, 0.05) is 28.1 Å². The van der Waals surface area contributed by atoms with E-state index < -0.39 is 46.2 Å². The number of benzene rings is 2. The minimum absolute atomic E-state index is 0.0173. The van der Waals surface area contributed by atoms with Gasteiger partial charge in [0.1, 0.15) is 5.75 Å². The number of fused-ring (bicyclic) bond motifs is 3. The van der Waals surface area contributed by atoms with Gasteiger partial charge in [-0.15, -0.1) is 0 Å². The third kappa shape index (κ3) is 3.74. The Morgan fingerprint density at radius 3 is 2.29 bits per heavy atom. The molecule has 0 amide bonds. The number of nitro groups is 1. The summed E-state index contributed by atoms with van der Waals surface area (Å²) in [6.45, 7) is 3.16. The van der Waals surface area contributed by atoms with E-state index in [4.69, 9.17) is 14.2 Å². The maximum absolute atomic E-state index is 13.4. The fourth-order valence-electron chi connectivity index (χ4n) is 4.66.